The summed E-state index contributed by atoms with van der Waals surface area (Å²) in [6.45, 7) is 23.6. The first-order valence-electron chi connectivity index (χ1n) is 11.4. The van der Waals surface area contributed by atoms with E-state index in [1.807, 2.05) is 0 Å². The van der Waals surface area contributed by atoms with E-state index >= 15 is 0 Å². The molecule has 164 valence electrons. The zero-order valence-electron chi connectivity index (χ0n) is 21.1. The molecular formula is C30H39P. The third-order valence-corrected chi connectivity index (χ3v) is 9.70. The van der Waals surface area contributed by atoms with Crippen molar-refractivity contribution in [3.8, 4) is 22.3 Å². The Morgan fingerprint density at radius 3 is 1.52 bits per heavy atom. The number of hydrogen-bond acceptors (Lipinski definition) is 0. The molecule has 3 rings (SSSR count). The minimum atomic E-state index is -0.385. The SMILES string of the molecule is Cc1ccccc1-c1c(C)cc(C)c(-c2ccccc2P(C(C)(C)C)C(C)(C)C)c1C. The molecule has 0 fully saturated rings. The van der Waals surface area contributed by atoms with Gasteiger partial charge in [0.2, 0.25) is 0 Å². The predicted molar refractivity (Wildman–Crippen MR) is 142 cm³/mol. The van der Waals surface area contributed by atoms with E-state index in [2.05, 4.69) is 124 Å². The van der Waals surface area contributed by atoms with Gasteiger partial charge in [-0.25, -0.2) is 0 Å². The summed E-state index contributed by atoms with van der Waals surface area (Å²) in [5.74, 6) is 0. The van der Waals surface area contributed by atoms with Gasteiger partial charge in [0, 0.05) is 0 Å². The maximum absolute atomic E-state index is 2.41. The van der Waals surface area contributed by atoms with Crippen molar-refractivity contribution in [1.29, 1.82) is 0 Å². The molecule has 0 saturated carbocycles. The van der Waals surface area contributed by atoms with Gasteiger partial charge in [0.1, 0.15) is 0 Å². The summed E-state index contributed by atoms with van der Waals surface area (Å²) in [6.07, 6.45) is 0. The van der Waals surface area contributed by atoms with Crippen molar-refractivity contribution in [2.75, 3.05) is 0 Å². The average Bonchev–Trinajstić information content (AvgIpc) is 2.62. The molecule has 3 aromatic carbocycles. The van der Waals surface area contributed by atoms with Crippen LogP contribution in [0.3, 0.4) is 0 Å². The Balaban J connectivity index is 2.36. The lowest BCUT2D eigenvalue weighted by molar-refractivity contribution is 0.715. The van der Waals surface area contributed by atoms with Crippen LogP contribution in [-0.4, -0.2) is 10.3 Å². The maximum atomic E-state index is 2.41. The average molecular weight is 431 g/mol. The van der Waals surface area contributed by atoms with Crippen molar-refractivity contribution in [3.63, 3.8) is 0 Å². The van der Waals surface area contributed by atoms with Gasteiger partial charge in [0.15, 0.2) is 0 Å². The minimum Gasteiger partial charge on any atom is -0.0636 e. The molecule has 0 aromatic heterocycles. The Kier molecular flexibility index (Phi) is 6.55. The second-order valence-corrected chi connectivity index (χ2v) is 14.7. The molecule has 0 aliphatic carbocycles. The van der Waals surface area contributed by atoms with Crippen LogP contribution in [0.2, 0.25) is 0 Å². The third-order valence-electron chi connectivity index (χ3n) is 6.14. The van der Waals surface area contributed by atoms with Crippen molar-refractivity contribution in [2.45, 2.75) is 79.5 Å². The Labute approximate surface area is 191 Å². The molecular weight excluding hydrogens is 391 g/mol. The highest BCUT2D eigenvalue weighted by Gasteiger charge is 2.37. The summed E-state index contributed by atoms with van der Waals surface area (Å²) in [5, 5.41) is 1.99. The summed E-state index contributed by atoms with van der Waals surface area (Å²) in [6, 6.07) is 20.4. The summed E-state index contributed by atoms with van der Waals surface area (Å²) in [5.41, 5.74) is 11.1. The lowest BCUT2D eigenvalue weighted by Crippen LogP contribution is -2.32. The second kappa shape index (κ2) is 8.55. The molecule has 0 unspecified atom stereocenters. The van der Waals surface area contributed by atoms with Gasteiger partial charge in [-0.05, 0) is 87.8 Å². The molecule has 0 heterocycles. The van der Waals surface area contributed by atoms with Gasteiger partial charge in [-0.3, -0.25) is 0 Å². The summed E-state index contributed by atoms with van der Waals surface area (Å²) in [7, 11) is -0.385. The molecule has 0 N–H and O–H groups in total. The highest BCUT2D eigenvalue weighted by Crippen LogP contribution is 2.59. The van der Waals surface area contributed by atoms with Crippen LogP contribution in [0.1, 0.15) is 63.8 Å². The standard InChI is InChI=1S/C30H39P/c1-20-15-11-12-16-24(20)27-21(2)19-22(3)28(23(27)4)25-17-13-14-18-26(25)31(29(5,6)7)30(8,9)10/h11-19H,1-10H3. The molecule has 1 heteroatoms. The Bertz CT molecular complexity index is 1080. The normalized spacial score (nSPS) is 12.5. The number of rotatable bonds is 3. The van der Waals surface area contributed by atoms with Crippen LogP contribution >= 0.6 is 7.92 Å². The van der Waals surface area contributed by atoms with Crippen molar-refractivity contribution < 1.29 is 0 Å². The molecule has 0 saturated heterocycles. The minimum absolute atomic E-state index is 0.231. The van der Waals surface area contributed by atoms with Gasteiger partial charge in [0.25, 0.3) is 0 Å². The van der Waals surface area contributed by atoms with Crippen LogP contribution in [-0.2, 0) is 0 Å². The molecule has 0 radical (unpaired) electrons. The fraction of sp³-hybridized carbons (Fsp3) is 0.400. The highest BCUT2D eigenvalue weighted by molar-refractivity contribution is 7.68. The van der Waals surface area contributed by atoms with E-state index < -0.39 is 0 Å². The monoisotopic (exact) mass is 430 g/mol. The molecule has 0 spiro atoms. The van der Waals surface area contributed by atoms with Crippen LogP contribution in [0.4, 0.5) is 0 Å². The zero-order valence-corrected chi connectivity index (χ0v) is 22.0. The molecule has 0 aliphatic rings. The van der Waals surface area contributed by atoms with E-state index in [1.165, 1.54) is 49.8 Å². The topological polar surface area (TPSA) is 0 Å². The molecule has 3 aromatic rings. The van der Waals surface area contributed by atoms with E-state index in [1.54, 1.807) is 0 Å². The van der Waals surface area contributed by atoms with Gasteiger partial charge in [-0.2, -0.15) is 0 Å². The van der Waals surface area contributed by atoms with Crippen LogP contribution in [0, 0.1) is 27.7 Å². The van der Waals surface area contributed by atoms with E-state index in [0.29, 0.717) is 0 Å². The van der Waals surface area contributed by atoms with Crippen molar-refractivity contribution in [1.82, 2.24) is 0 Å². The van der Waals surface area contributed by atoms with E-state index in [4.69, 9.17) is 0 Å². The van der Waals surface area contributed by atoms with E-state index in [9.17, 15) is 0 Å². The summed E-state index contributed by atoms with van der Waals surface area (Å²) in [4.78, 5) is 0. The number of benzene rings is 3. The molecule has 0 bridgehead atoms. The van der Waals surface area contributed by atoms with Gasteiger partial charge in [-0.1, -0.05) is 104 Å². The maximum Gasteiger partial charge on any atom is -0.0101 e. The van der Waals surface area contributed by atoms with Gasteiger partial charge in [0.05, 0.1) is 0 Å². The molecule has 0 aliphatic heterocycles. The lowest BCUT2D eigenvalue weighted by atomic mass is 9.85. The lowest BCUT2D eigenvalue weighted by Gasteiger charge is -2.43. The largest absolute Gasteiger partial charge is 0.0636 e. The van der Waals surface area contributed by atoms with Gasteiger partial charge >= 0.3 is 0 Å². The van der Waals surface area contributed by atoms with E-state index in [-0.39, 0.29) is 18.2 Å². The quantitative estimate of drug-likeness (QED) is 0.364. The summed E-state index contributed by atoms with van der Waals surface area (Å²) >= 11 is 0. The predicted octanol–water partition coefficient (Wildman–Crippen LogP) is 8.96. The van der Waals surface area contributed by atoms with Crippen LogP contribution < -0.4 is 5.30 Å². The Morgan fingerprint density at radius 1 is 0.548 bits per heavy atom. The first-order valence-corrected chi connectivity index (χ1v) is 12.7. The Hall–Kier alpha value is -1.91. The Morgan fingerprint density at radius 2 is 1.00 bits per heavy atom. The number of hydrogen-bond donors (Lipinski definition) is 0. The fourth-order valence-electron chi connectivity index (χ4n) is 5.48. The zero-order chi connectivity index (χ0) is 23.1. The van der Waals surface area contributed by atoms with Crippen LogP contribution in [0.25, 0.3) is 22.3 Å². The number of aryl methyl sites for hydroxylation is 3. The van der Waals surface area contributed by atoms with Crippen molar-refractivity contribution >= 4 is 13.2 Å². The van der Waals surface area contributed by atoms with Crippen LogP contribution in [0.15, 0.2) is 54.6 Å². The molecule has 31 heavy (non-hydrogen) atoms. The van der Waals surface area contributed by atoms with E-state index in [0.717, 1.165) is 0 Å². The highest BCUT2D eigenvalue weighted by atomic mass is 31.1. The van der Waals surface area contributed by atoms with Crippen LogP contribution in [0.5, 0.6) is 0 Å². The second-order valence-electron chi connectivity index (χ2n) is 10.9. The van der Waals surface area contributed by atoms with Gasteiger partial charge in [-0.15, -0.1) is 0 Å². The van der Waals surface area contributed by atoms with Crippen molar-refractivity contribution in [2.24, 2.45) is 0 Å². The first-order chi connectivity index (χ1) is 14.3. The smallest absolute Gasteiger partial charge is 0.0101 e. The van der Waals surface area contributed by atoms with Crippen molar-refractivity contribution in [3.05, 3.63) is 76.9 Å². The third kappa shape index (κ3) is 4.65. The fourth-order valence-corrected chi connectivity index (χ4v) is 9.60. The van der Waals surface area contributed by atoms with Gasteiger partial charge < -0.3 is 0 Å². The molecule has 0 atom stereocenters. The molecule has 0 nitrogen and oxygen atoms in total. The molecule has 0 amide bonds. The first kappa shape index (κ1) is 23.7. The summed E-state index contributed by atoms with van der Waals surface area (Å²) < 4.78 is 0.